The standard InChI is InChI=1S/C24H32F3N7O5/c1-17-15-29-7-10-34(17)20-22(32-19(16-31-20)39-23(35)24(25,26)27)38-14-13-36-18-3-2-4-30-21(18)37-12-11-33-8-5-28-6-9-33/h2-4,16-17,28-29H,5-15H2,1H3/t17-/m1/s1. The lowest BCUT2D eigenvalue weighted by Crippen LogP contribution is -2.50. The number of halogens is 3. The molecule has 0 spiro atoms. The molecule has 39 heavy (non-hydrogen) atoms. The topological polar surface area (TPSA) is 123 Å². The average Bonchev–Trinajstić information content (AvgIpc) is 2.92. The second-order valence-electron chi connectivity index (χ2n) is 8.91. The number of hydrogen-bond acceptors (Lipinski definition) is 12. The first kappa shape index (κ1) is 28.6. The molecule has 2 fully saturated rings. The molecule has 1 atom stereocenters. The van der Waals surface area contributed by atoms with Crippen LogP contribution >= 0.6 is 0 Å². The number of pyridine rings is 1. The van der Waals surface area contributed by atoms with Crippen molar-refractivity contribution in [3.05, 3.63) is 24.5 Å². The summed E-state index contributed by atoms with van der Waals surface area (Å²) in [6.07, 6.45) is -2.60. The summed E-state index contributed by atoms with van der Waals surface area (Å²) in [5, 5.41) is 6.55. The molecule has 4 rings (SSSR count). The Kier molecular flexibility index (Phi) is 9.95. The number of ether oxygens (including phenoxy) is 4. The fourth-order valence-corrected chi connectivity index (χ4v) is 4.09. The summed E-state index contributed by atoms with van der Waals surface area (Å²) >= 11 is 0. The monoisotopic (exact) mass is 555 g/mol. The number of aromatic nitrogens is 3. The Hall–Kier alpha value is -3.43. The van der Waals surface area contributed by atoms with Crippen molar-refractivity contribution in [1.82, 2.24) is 30.5 Å². The maximum atomic E-state index is 12.7. The fraction of sp³-hybridized carbons (Fsp3) is 0.583. The Bertz CT molecular complexity index is 1090. The number of nitrogens with one attached hydrogen (secondary N) is 2. The fourth-order valence-electron chi connectivity index (χ4n) is 4.09. The number of nitrogens with zero attached hydrogens (tertiary/aromatic N) is 5. The van der Waals surface area contributed by atoms with E-state index in [1.807, 2.05) is 11.8 Å². The molecule has 15 heteroatoms. The summed E-state index contributed by atoms with van der Waals surface area (Å²) in [4.78, 5) is 27.9. The third kappa shape index (κ3) is 8.28. The van der Waals surface area contributed by atoms with E-state index in [9.17, 15) is 18.0 Å². The van der Waals surface area contributed by atoms with Crippen LogP contribution in [0.4, 0.5) is 19.0 Å². The Morgan fingerprint density at radius 1 is 1.03 bits per heavy atom. The van der Waals surface area contributed by atoms with Gasteiger partial charge in [-0.1, -0.05) is 0 Å². The molecule has 2 N–H and O–H groups in total. The van der Waals surface area contributed by atoms with Crippen LogP contribution < -0.4 is 34.5 Å². The van der Waals surface area contributed by atoms with E-state index in [2.05, 4.69) is 35.2 Å². The van der Waals surface area contributed by atoms with Crippen molar-refractivity contribution >= 4 is 11.8 Å². The number of carbonyl (C=O) groups excluding carboxylic acids is 1. The van der Waals surface area contributed by atoms with E-state index in [4.69, 9.17) is 14.2 Å². The van der Waals surface area contributed by atoms with E-state index in [-0.39, 0.29) is 25.1 Å². The molecule has 0 radical (unpaired) electrons. The van der Waals surface area contributed by atoms with Gasteiger partial charge in [0.25, 0.3) is 11.8 Å². The molecule has 0 bridgehead atoms. The smallest absolute Gasteiger partial charge is 0.484 e. The van der Waals surface area contributed by atoms with E-state index in [1.165, 1.54) is 0 Å². The number of piperazine rings is 2. The molecule has 0 aromatic carbocycles. The number of esters is 1. The molecule has 2 aromatic heterocycles. The van der Waals surface area contributed by atoms with Gasteiger partial charge < -0.3 is 34.5 Å². The van der Waals surface area contributed by atoms with Crippen LogP contribution in [0.3, 0.4) is 0 Å². The Balaban J connectivity index is 1.36. The summed E-state index contributed by atoms with van der Waals surface area (Å²) in [5.41, 5.74) is 0. The quantitative estimate of drug-likeness (QED) is 0.302. The summed E-state index contributed by atoms with van der Waals surface area (Å²) in [6.45, 7) is 8.97. The minimum atomic E-state index is -5.17. The van der Waals surface area contributed by atoms with Gasteiger partial charge in [0.2, 0.25) is 5.88 Å². The highest BCUT2D eigenvalue weighted by Gasteiger charge is 2.42. The van der Waals surface area contributed by atoms with Crippen LogP contribution in [0.5, 0.6) is 23.4 Å². The minimum absolute atomic E-state index is 0.0199. The first-order chi connectivity index (χ1) is 18.8. The lowest BCUT2D eigenvalue weighted by Gasteiger charge is -2.35. The molecular formula is C24H32F3N7O5. The second-order valence-corrected chi connectivity index (χ2v) is 8.91. The van der Waals surface area contributed by atoms with E-state index >= 15 is 0 Å². The SMILES string of the molecule is C[C@@H]1CNCCN1c1ncc(OC(=O)C(F)(F)F)nc1OCCOc1cccnc1OCCN1CCNCC1. The first-order valence-electron chi connectivity index (χ1n) is 12.7. The predicted molar refractivity (Wildman–Crippen MR) is 133 cm³/mol. The normalized spacial score (nSPS) is 18.5. The van der Waals surface area contributed by atoms with Crippen molar-refractivity contribution in [2.45, 2.75) is 19.1 Å². The number of alkyl halides is 3. The molecule has 0 aliphatic carbocycles. The first-order valence-corrected chi connectivity index (χ1v) is 12.7. The zero-order valence-corrected chi connectivity index (χ0v) is 21.6. The maximum Gasteiger partial charge on any atom is 0.491 e. The average molecular weight is 556 g/mol. The number of carbonyl (C=O) groups is 1. The van der Waals surface area contributed by atoms with E-state index in [1.54, 1.807) is 18.3 Å². The van der Waals surface area contributed by atoms with Gasteiger partial charge in [0.05, 0.1) is 6.20 Å². The molecule has 214 valence electrons. The third-order valence-electron chi connectivity index (χ3n) is 6.07. The predicted octanol–water partition coefficient (Wildman–Crippen LogP) is 0.879. The maximum absolute atomic E-state index is 12.7. The molecule has 2 aromatic rings. The Labute approximate surface area is 223 Å². The van der Waals surface area contributed by atoms with E-state index in [0.29, 0.717) is 43.7 Å². The van der Waals surface area contributed by atoms with Gasteiger partial charge in [-0.2, -0.15) is 18.2 Å². The van der Waals surface area contributed by atoms with Crippen molar-refractivity contribution in [1.29, 1.82) is 0 Å². The second kappa shape index (κ2) is 13.6. The molecule has 0 amide bonds. The zero-order chi connectivity index (χ0) is 27.7. The molecule has 4 heterocycles. The molecule has 2 aliphatic rings. The lowest BCUT2D eigenvalue weighted by atomic mass is 10.2. The van der Waals surface area contributed by atoms with Crippen molar-refractivity contribution in [2.24, 2.45) is 0 Å². The number of anilines is 1. The summed E-state index contributed by atoms with van der Waals surface area (Å²) in [7, 11) is 0. The molecular weight excluding hydrogens is 523 g/mol. The summed E-state index contributed by atoms with van der Waals surface area (Å²) in [6, 6.07) is 3.46. The van der Waals surface area contributed by atoms with Crippen LogP contribution in [-0.4, -0.2) is 110 Å². The summed E-state index contributed by atoms with van der Waals surface area (Å²) < 4.78 is 59.7. The van der Waals surface area contributed by atoms with Crippen LogP contribution in [0.2, 0.25) is 0 Å². The van der Waals surface area contributed by atoms with E-state index in [0.717, 1.165) is 38.9 Å². The van der Waals surface area contributed by atoms with Gasteiger partial charge in [0.1, 0.15) is 19.8 Å². The van der Waals surface area contributed by atoms with Gasteiger partial charge in [-0.15, -0.1) is 0 Å². The molecule has 12 nitrogen and oxygen atoms in total. The highest BCUT2D eigenvalue weighted by atomic mass is 19.4. The third-order valence-corrected chi connectivity index (χ3v) is 6.07. The van der Waals surface area contributed by atoms with Gasteiger partial charge in [0.15, 0.2) is 11.6 Å². The highest BCUT2D eigenvalue weighted by Crippen LogP contribution is 2.29. The van der Waals surface area contributed by atoms with Gasteiger partial charge in [-0.25, -0.2) is 14.8 Å². The van der Waals surface area contributed by atoms with Crippen LogP contribution in [0.15, 0.2) is 24.5 Å². The van der Waals surface area contributed by atoms with Crippen LogP contribution in [-0.2, 0) is 4.79 Å². The lowest BCUT2D eigenvalue weighted by molar-refractivity contribution is -0.190. The van der Waals surface area contributed by atoms with Crippen LogP contribution in [0.1, 0.15) is 6.92 Å². The van der Waals surface area contributed by atoms with Gasteiger partial charge in [0, 0.05) is 64.6 Å². The minimum Gasteiger partial charge on any atom is -0.484 e. The number of hydrogen-bond donors (Lipinski definition) is 2. The van der Waals surface area contributed by atoms with Gasteiger partial charge >= 0.3 is 12.1 Å². The van der Waals surface area contributed by atoms with Crippen LogP contribution in [0.25, 0.3) is 0 Å². The molecule has 2 saturated heterocycles. The molecule has 0 saturated carbocycles. The zero-order valence-electron chi connectivity index (χ0n) is 21.6. The van der Waals surface area contributed by atoms with Crippen molar-refractivity contribution < 1.29 is 36.9 Å². The molecule has 0 unspecified atom stereocenters. The highest BCUT2D eigenvalue weighted by molar-refractivity contribution is 5.77. The number of rotatable bonds is 11. The van der Waals surface area contributed by atoms with Crippen LogP contribution in [0, 0.1) is 0 Å². The van der Waals surface area contributed by atoms with E-state index < -0.39 is 18.0 Å². The van der Waals surface area contributed by atoms with Crippen molar-refractivity contribution in [2.75, 3.05) is 77.1 Å². The van der Waals surface area contributed by atoms with Gasteiger partial charge in [-0.05, 0) is 19.1 Å². The van der Waals surface area contributed by atoms with Crippen molar-refractivity contribution in [3.63, 3.8) is 0 Å². The molecule has 2 aliphatic heterocycles. The Morgan fingerprint density at radius 2 is 1.77 bits per heavy atom. The Morgan fingerprint density at radius 3 is 2.54 bits per heavy atom. The summed E-state index contributed by atoms with van der Waals surface area (Å²) in [5.74, 6) is -1.98. The van der Waals surface area contributed by atoms with Gasteiger partial charge in [-0.3, -0.25) is 4.90 Å². The largest absolute Gasteiger partial charge is 0.491 e. The van der Waals surface area contributed by atoms with Crippen molar-refractivity contribution in [3.8, 4) is 23.4 Å².